The molecule has 2 aromatic carbocycles. The molecule has 1 saturated heterocycles. The Morgan fingerprint density at radius 1 is 0.652 bits per heavy atom. The number of H-pyrrole nitrogens is 1. The summed E-state index contributed by atoms with van der Waals surface area (Å²) in [4.78, 5) is 116. The van der Waals surface area contributed by atoms with E-state index >= 15 is 4.79 Å². The number of nitrogens with two attached hydrogens (primary N) is 1. The molecule has 10 unspecified atom stereocenters. The molecule has 0 radical (unpaired) electrons. The smallest absolute Gasteiger partial charge is 0.306 e. The number of aromatic amines is 1. The lowest BCUT2D eigenvalue weighted by molar-refractivity contribution is -0.870. The third-order valence-corrected chi connectivity index (χ3v) is 24.5. The van der Waals surface area contributed by atoms with Crippen LogP contribution < -0.4 is 21.3 Å². The molecule has 652 valence electrons. The normalized spacial score (nSPS) is 19.7. The third kappa shape index (κ3) is 47.6. The monoisotopic (exact) mass is 1620 g/mol. The highest BCUT2D eigenvalue weighted by molar-refractivity contribution is 7.45. The first-order chi connectivity index (χ1) is 55.2. The minimum Gasteiger partial charge on any atom is -0.756 e. The van der Waals surface area contributed by atoms with Crippen molar-refractivity contribution in [3.8, 4) is 0 Å². The lowest BCUT2D eigenvalue weighted by atomic mass is 9.69. The summed E-state index contributed by atoms with van der Waals surface area (Å²) in [5.41, 5.74) is 10.3. The van der Waals surface area contributed by atoms with Crippen LogP contribution in [0.1, 0.15) is 315 Å². The number of amides is 1. The van der Waals surface area contributed by atoms with E-state index in [1.165, 1.54) is 154 Å². The summed E-state index contributed by atoms with van der Waals surface area (Å²) >= 11 is 0. The molecule has 0 aliphatic carbocycles. The van der Waals surface area contributed by atoms with Crippen LogP contribution in [0.15, 0.2) is 97.5 Å². The Hall–Kier alpha value is -5.79. The molecule has 115 heavy (non-hydrogen) atoms. The molecule has 0 spiro atoms. The number of nitrogens with one attached hydrogen (secondary N) is 3. The fourth-order valence-electron chi connectivity index (χ4n) is 15.9. The molecule has 11 atom stereocenters. The van der Waals surface area contributed by atoms with E-state index in [9.17, 15) is 38.2 Å². The van der Waals surface area contributed by atoms with Gasteiger partial charge in [-0.15, -0.1) is 0 Å². The number of unbranched alkanes of at least 4 members (excludes halogenated alkanes) is 29. The summed E-state index contributed by atoms with van der Waals surface area (Å²) in [6.07, 6.45) is 45.1. The van der Waals surface area contributed by atoms with E-state index in [-0.39, 0.29) is 85.7 Å². The Morgan fingerprint density at radius 2 is 1.17 bits per heavy atom. The lowest BCUT2D eigenvalue weighted by Gasteiger charge is -2.34. The molecule has 1 fully saturated rings. The van der Waals surface area contributed by atoms with Crippen molar-refractivity contribution in [3.63, 3.8) is 0 Å². The summed E-state index contributed by atoms with van der Waals surface area (Å²) in [6, 6.07) is 19.1. The number of carbonyl (C=O) groups excluding carboxylic acids is 7. The number of phosphoric ester groups is 1. The second kappa shape index (κ2) is 62.4. The molecule has 1 aliphatic heterocycles. The molecule has 0 bridgehead atoms. The molecule has 4 rings (SSSR count). The van der Waals surface area contributed by atoms with Gasteiger partial charge in [-0.1, -0.05) is 306 Å². The van der Waals surface area contributed by atoms with Crippen molar-refractivity contribution in [2.45, 2.75) is 330 Å². The maximum absolute atomic E-state index is 15.0. The Morgan fingerprint density at radius 3 is 1.65 bits per heavy atom. The number of hydrogen-bond acceptors (Lipinski definition) is 16. The van der Waals surface area contributed by atoms with Crippen LogP contribution in [0.25, 0.3) is 0 Å². The van der Waals surface area contributed by atoms with Gasteiger partial charge in [0, 0.05) is 73.7 Å². The number of nitrogens with zero attached hydrogens (tertiary/aromatic N) is 2. The lowest BCUT2D eigenvalue weighted by Crippen LogP contribution is -2.43. The van der Waals surface area contributed by atoms with Crippen molar-refractivity contribution < 1.29 is 66.0 Å². The number of likely N-dealkylation sites (N-methyl/N-ethyl adjacent to an activating group) is 2. The van der Waals surface area contributed by atoms with Gasteiger partial charge in [-0.25, -0.2) is 4.98 Å². The van der Waals surface area contributed by atoms with E-state index < -0.39 is 68.1 Å². The quantitative estimate of drug-likeness (QED) is 0.0134. The number of carbonyl (C=O) groups is 7. The van der Waals surface area contributed by atoms with Gasteiger partial charge in [-0.05, 0) is 114 Å². The van der Waals surface area contributed by atoms with Crippen LogP contribution in [-0.4, -0.2) is 135 Å². The third-order valence-electron chi connectivity index (χ3n) is 23.5. The number of ether oxygens (including phenoxy) is 2. The number of imidazole rings is 1. The summed E-state index contributed by atoms with van der Waals surface area (Å²) in [5.74, 6) is -4.93. The predicted octanol–water partition coefficient (Wildman–Crippen LogP) is 19.8. The number of esters is 2. The van der Waals surface area contributed by atoms with E-state index in [1.54, 1.807) is 26.5 Å². The van der Waals surface area contributed by atoms with Crippen LogP contribution in [0, 0.1) is 47.3 Å². The summed E-state index contributed by atoms with van der Waals surface area (Å²) in [7, 11) is 2.96. The molecule has 5 N–H and O–H groups in total. The van der Waals surface area contributed by atoms with Crippen molar-refractivity contribution in [2.24, 2.45) is 53.1 Å². The zero-order valence-electron chi connectivity index (χ0n) is 73.5. The second-order valence-corrected chi connectivity index (χ2v) is 35.8. The standard InChI is InChI=1S/C51H71N5O5.C44H88NO8P/c1-33-25-41(38(6)57)21-16-24-55-49(59)30-46(37(5)51(61)47(53-7)27-40-19-12-9-13-20-40)35(3)34(2)44(22-14-15-23-52)48(58)28-42(26-39-17-10-8-11-18-39)50(60)36(4)45(33)29-43-31-54-32-56-43;1-6-8-10-12-14-16-18-20-22-24-26-28-30-32-34-36-43(46)50-40-42(41-52-54(48,49)51-39-38-45(3,4)5)53-44(47)37-35-33-31-29-27-25-23-21-19-17-15-13-11-9-7-2/h8-13,17-20,31-32,34,36-37,41-42,44-47,53H,1,3,14-16,21-30,52H2,2,4-7H3,(H,54,56)(H,55,59);42H,6-41H2,1-5H3/t;42-/m.1/s1. The Bertz CT molecular complexity index is 3180. The highest BCUT2D eigenvalue weighted by atomic mass is 31.2. The summed E-state index contributed by atoms with van der Waals surface area (Å²) in [5, 5.41) is 6.29. The number of hydrogen-bond donors (Lipinski definition) is 4. The molecule has 3 aromatic rings. The molecular formula is C95H159N6O13P. The Labute approximate surface area is 696 Å². The predicted molar refractivity (Wildman–Crippen MR) is 466 cm³/mol. The van der Waals surface area contributed by atoms with Crippen LogP contribution >= 0.6 is 7.82 Å². The molecule has 0 saturated carbocycles. The van der Waals surface area contributed by atoms with Gasteiger partial charge in [0.15, 0.2) is 11.9 Å². The van der Waals surface area contributed by atoms with E-state index in [0.29, 0.717) is 87.5 Å². The first-order valence-corrected chi connectivity index (χ1v) is 46.6. The molecule has 1 aliphatic rings. The van der Waals surface area contributed by atoms with Crippen LogP contribution in [0.5, 0.6) is 0 Å². The van der Waals surface area contributed by atoms with E-state index in [1.807, 2.05) is 103 Å². The Balaban J connectivity index is 0.000000601. The summed E-state index contributed by atoms with van der Waals surface area (Å²) < 4.78 is 33.9. The molecule has 20 heteroatoms. The fourth-order valence-corrected chi connectivity index (χ4v) is 16.6. The van der Waals surface area contributed by atoms with Gasteiger partial charge >= 0.3 is 11.9 Å². The fraction of sp³-hybridized carbons (Fsp3) is 0.726. The van der Waals surface area contributed by atoms with Gasteiger partial charge in [-0.2, -0.15) is 0 Å². The average molecular weight is 1620 g/mol. The molecular weight excluding hydrogens is 1460 g/mol. The molecule has 2 heterocycles. The van der Waals surface area contributed by atoms with E-state index in [4.69, 9.17) is 24.3 Å². The first-order valence-electron chi connectivity index (χ1n) is 45.2. The number of allylic oxidation sites excluding steroid dienone is 2. The highest BCUT2D eigenvalue weighted by Gasteiger charge is 2.40. The number of benzene rings is 2. The van der Waals surface area contributed by atoms with Gasteiger partial charge < -0.3 is 49.2 Å². The van der Waals surface area contributed by atoms with Crippen molar-refractivity contribution in [1.29, 1.82) is 0 Å². The number of phosphoric acid groups is 1. The van der Waals surface area contributed by atoms with Crippen LogP contribution in [-0.2, 0) is 75.9 Å². The Kier molecular flexibility index (Phi) is 56.1. The average Bonchev–Trinajstić information content (AvgIpc) is 1.33. The van der Waals surface area contributed by atoms with Crippen LogP contribution in [0.2, 0.25) is 0 Å². The SMILES string of the molecule is C=C1CC(C(C)=O)CCCNC(=O)CC(C(C)C(=O)C(Cc2ccccc2)NC)C(=C)C(C)C(CCCCN)C(=O)CC(Cc2ccccc2)C(=O)C(C)C1Cc1cnc[nH]1.CCCCCCCCCCCCCCCCCC(=O)OC[C@H](COP(=O)([O-])OCC[N+](C)(C)C)OC(=O)CCCCCCCCCCCCCCCCC. The van der Waals surface area contributed by atoms with E-state index in [2.05, 4.69) is 47.6 Å². The number of quaternary nitrogens is 1. The van der Waals surface area contributed by atoms with E-state index in [0.717, 1.165) is 60.9 Å². The van der Waals surface area contributed by atoms with Crippen molar-refractivity contribution in [2.75, 3.05) is 67.6 Å². The van der Waals surface area contributed by atoms with Crippen molar-refractivity contribution in [1.82, 2.24) is 20.6 Å². The molecule has 1 aromatic heterocycles. The number of Topliss-reactive ketones (excluding diaryl/α,β-unsaturated/α-hetero) is 4. The minimum absolute atomic E-state index is 0.0178. The number of rotatable bonds is 57. The van der Waals surface area contributed by atoms with Gasteiger partial charge in [-0.3, -0.25) is 38.1 Å². The maximum Gasteiger partial charge on any atom is 0.306 e. The topological polar surface area (TPSA) is 275 Å². The zero-order chi connectivity index (χ0) is 84.5. The number of aromatic nitrogens is 2. The van der Waals surface area contributed by atoms with Gasteiger partial charge in [0.25, 0.3) is 7.82 Å². The molecule has 19 nitrogen and oxygen atoms in total. The van der Waals surface area contributed by atoms with Gasteiger partial charge in [0.2, 0.25) is 5.91 Å². The molecule has 1 amide bonds. The zero-order valence-corrected chi connectivity index (χ0v) is 74.4. The van der Waals surface area contributed by atoms with Crippen LogP contribution in [0.4, 0.5) is 0 Å². The van der Waals surface area contributed by atoms with Crippen molar-refractivity contribution in [3.05, 3.63) is 114 Å². The number of ketones is 4. The highest BCUT2D eigenvalue weighted by Crippen LogP contribution is 2.41. The summed E-state index contributed by atoms with van der Waals surface area (Å²) in [6.45, 7) is 21.6. The van der Waals surface area contributed by atoms with Gasteiger partial charge in [0.1, 0.15) is 37.1 Å². The largest absolute Gasteiger partial charge is 0.756 e. The first kappa shape index (κ1) is 103. The maximum atomic E-state index is 15.0. The minimum atomic E-state index is -4.62. The van der Waals surface area contributed by atoms with Gasteiger partial charge in [0.05, 0.1) is 40.1 Å². The van der Waals surface area contributed by atoms with Crippen molar-refractivity contribution >= 4 is 48.8 Å². The van der Waals surface area contributed by atoms with Crippen LogP contribution in [0.3, 0.4) is 0 Å². The second-order valence-electron chi connectivity index (χ2n) is 34.4.